The van der Waals surface area contributed by atoms with Crippen molar-refractivity contribution in [2.24, 2.45) is 13.0 Å². The lowest BCUT2D eigenvalue weighted by Crippen LogP contribution is -2.38. The summed E-state index contributed by atoms with van der Waals surface area (Å²) in [5, 5.41) is 3.46. The zero-order chi connectivity index (χ0) is 12.8. The van der Waals surface area contributed by atoms with E-state index in [2.05, 4.69) is 33.7 Å². The van der Waals surface area contributed by atoms with Gasteiger partial charge in [0.2, 0.25) is 0 Å². The maximum atomic E-state index is 4.38. The Morgan fingerprint density at radius 1 is 1.39 bits per heavy atom. The molecule has 0 amide bonds. The first-order valence-electron chi connectivity index (χ1n) is 7.19. The third kappa shape index (κ3) is 3.82. The molecule has 102 valence electrons. The largest absolute Gasteiger partial charge is 0.338 e. The fourth-order valence-electron chi connectivity index (χ4n) is 2.66. The summed E-state index contributed by atoms with van der Waals surface area (Å²) in [5.74, 6) is 2.08. The predicted octanol–water partition coefficient (Wildman–Crippen LogP) is 1.28. The first kappa shape index (κ1) is 13.6. The summed E-state index contributed by atoms with van der Waals surface area (Å²) in [5.41, 5.74) is 0. The second-order valence-corrected chi connectivity index (χ2v) is 5.30. The number of aromatic nitrogens is 2. The zero-order valence-corrected chi connectivity index (χ0v) is 11.7. The summed E-state index contributed by atoms with van der Waals surface area (Å²) < 4.78 is 2.12. The molecule has 2 rings (SSSR count). The fraction of sp³-hybridized carbons (Fsp3) is 0.786. The quantitative estimate of drug-likeness (QED) is 0.826. The van der Waals surface area contributed by atoms with Gasteiger partial charge in [-0.1, -0.05) is 6.92 Å². The highest BCUT2D eigenvalue weighted by molar-refractivity contribution is 4.92. The molecule has 0 spiro atoms. The highest BCUT2D eigenvalue weighted by Gasteiger charge is 2.18. The van der Waals surface area contributed by atoms with Gasteiger partial charge in [-0.25, -0.2) is 4.98 Å². The molecule has 0 bridgehead atoms. The Morgan fingerprint density at radius 2 is 2.17 bits per heavy atom. The number of aryl methyl sites for hydroxylation is 1. The van der Waals surface area contributed by atoms with Crippen molar-refractivity contribution in [2.75, 3.05) is 32.7 Å². The van der Waals surface area contributed by atoms with Crippen LogP contribution in [0.4, 0.5) is 0 Å². The molecule has 0 saturated carbocycles. The average molecular weight is 250 g/mol. The summed E-state index contributed by atoms with van der Waals surface area (Å²) in [7, 11) is 2.07. The van der Waals surface area contributed by atoms with E-state index in [1.165, 1.54) is 38.3 Å². The van der Waals surface area contributed by atoms with Gasteiger partial charge in [0.25, 0.3) is 0 Å². The molecule has 0 radical (unpaired) electrons. The topological polar surface area (TPSA) is 33.1 Å². The van der Waals surface area contributed by atoms with Crippen molar-refractivity contribution in [3.05, 3.63) is 18.2 Å². The molecule has 4 nitrogen and oxygen atoms in total. The Hall–Kier alpha value is -0.870. The summed E-state index contributed by atoms with van der Waals surface area (Å²) in [6.45, 7) is 8.13. The lowest BCUT2D eigenvalue weighted by atomic mass is 9.96. The lowest BCUT2D eigenvalue weighted by Gasteiger charge is -2.31. The van der Waals surface area contributed by atoms with E-state index in [9.17, 15) is 0 Å². The normalized spacial score (nSPS) is 18.3. The smallest absolute Gasteiger partial charge is 0.109 e. The monoisotopic (exact) mass is 250 g/mol. The van der Waals surface area contributed by atoms with Gasteiger partial charge in [0, 0.05) is 32.4 Å². The van der Waals surface area contributed by atoms with Gasteiger partial charge in [-0.3, -0.25) is 0 Å². The van der Waals surface area contributed by atoms with Gasteiger partial charge in [0.05, 0.1) is 0 Å². The van der Waals surface area contributed by atoms with Crippen molar-refractivity contribution in [3.63, 3.8) is 0 Å². The van der Waals surface area contributed by atoms with Crippen molar-refractivity contribution in [1.29, 1.82) is 0 Å². The molecular formula is C14H26N4. The Labute approximate surface area is 110 Å². The summed E-state index contributed by atoms with van der Waals surface area (Å²) >= 11 is 0. The van der Waals surface area contributed by atoms with Crippen LogP contribution in [0, 0.1) is 5.92 Å². The van der Waals surface area contributed by atoms with Crippen molar-refractivity contribution in [2.45, 2.75) is 26.2 Å². The first-order valence-corrected chi connectivity index (χ1v) is 7.19. The highest BCUT2D eigenvalue weighted by Crippen LogP contribution is 2.16. The number of hydrogen-bond acceptors (Lipinski definition) is 3. The fourth-order valence-corrected chi connectivity index (χ4v) is 2.66. The van der Waals surface area contributed by atoms with Gasteiger partial charge in [-0.15, -0.1) is 0 Å². The van der Waals surface area contributed by atoms with Crippen LogP contribution in [0.3, 0.4) is 0 Å². The third-order valence-electron chi connectivity index (χ3n) is 3.96. The van der Waals surface area contributed by atoms with Crippen LogP contribution in [-0.2, 0) is 13.5 Å². The van der Waals surface area contributed by atoms with Crippen LogP contribution in [0.25, 0.3) is 0 Å². The van der Waals surface area contributed by atoms with Gasteiger partial charge in [-0.05, 0) is 44.9 Å². The van der Waals surface area contributed by atoms with Gasteiger partial charge < -0.3 is 14.8 Å². The number of hydrogen-bond donors (Lipinski definition) is 1. The molecule has 1 N–H and O–H groups in total. The Balaban J connectivity index is 1.66. The minimum atomic E-state index is 0.884. The number of imidazole rings is 1. The Kier molecular flexibility index (Phi) is 5.20. The molecule has 18 heavy (non-hydrogen) atoms. The molecule has 1 fully saturated rings. The van der Waals surface area contributed by atoms with Gasteiger partial charge in [-0.2, -0.15) is 0 Å². The van der Waals surface area contributed by atoms with Crippen LogP contribution in [0.5, 0.6) is 0 Å². The molecule has 0 atom stereocenters. The zero-order valence-electron chi connectivity index (χ0n) is 11.7. The van der Waals surface area contributed by atoms with Crippen LogP contribution in [0.15, 0.2) is 12.4 Å². The third-order valence-corrected chi connectivity index (χ3v) is 3.96. The van der Waals surface area contributed by atoms with E-state index in [4.69, 9.17) is 0 Å². The first-order chi connectivity index (χ1) is 8.79. The standard InChI is InChI=1S/C14H26N4/c1-3-15-12-13-4-8-18(9-5-13)10-6-14-16-7-11-17(14)2/h7,11,13,15H,3-6,8-10,12H2,1-2H3. The van der Waals surface area contributed by atoms with E-state index >= 15 is 0 Å². The van der Waals surface area contributed by atoms with Gasteiger partial charge >= 0.3 is 0 Å². The molecule has 1 aromatic rings. The SMILES string of the molecule is CCNCC1CCN(CCc2nccn2C)CC1. The lowest BCUT2D eigenvalue weighted by molar-refractivity contribution is 0.183. The molecular weight excluding hydrogens is 224 g/mol. The van der Waals surface area contributed by atoms with Gasteiger partial charge in [0.1, 0.15) is 5.82 Å². The summed E-state index contributed by atoms with van der Waals surface area (Å²) in [4.78, 5) is 6.96. The van der Waals surface area contributed by atoms with Crippen molar-refractivity contribution < 1.29 is 0 Å². The molecule has 2 heterocycles. The second kappa shape index (κ2) is 6.90. The van der Waals surface area contributed by atoms with E-state index in [0.29, 0.717) is 0 Å². The van der Waals surface area contributed by atoms with Crippen molar-refractivity contribution >= 4 is 0 Å². The maximum Gasteiger partial charge on any atom is 0.109 e. The van der Waals surface area contributed by atoms with Crippen LogP contribution in [-0.4, -0.2) is 47.2 Å². The molecule has 1 aromatic heterocycles. The molecule has 0 aliphatic carbocycles. The van der Waals surface area contributed by atoms with Crippen LogP contribution in [0.2, 0.25) is 0 Å². The van der Waals surface area contributed by atoms with E-state index < -0.39 is 0 Å². The van der Waals surface area contributed by atoms with Gasteiger partial charge in [0.15, 0.2) is 0 Å². The summed E-state index contributed by atoms with van der Waals surface area (Å²) in [6.07, 6.45) is 7.67. The minimum absolute atomic E-state index is 0.884. The average Bonchev–Trinajstić information content (AvgIpc) is 2.81. The molecule has 0 aromatic carbocycles. The Bertz CT molecular complexity index is 339. The molecule has 4 heteroatoms. The van der Waals surface area contributed by atoms with E-state index in [-0.39, 0.29) is 0 Å². The highest BCUT2D eigenvalue weighted by atomic mass is 15.1. The van der Waals surface area contributed by atoms with Crippen LogP contribution < -0.4 is 5.32 Å². The number of rotatable bonds is 6. The minimum Gasteiger partial charge on any atom is -0.338 e. The van der Waals surface area contributed by atoms with Crippen molar-refractivity contribution in [3.8, 4) is 0 Å². The molecule has 1 aliphatic heterocycles. The van der Waals surface area contributed by atoms with E-state index in [1.54, 1.807) is 0 Å². The number of likely N-dealkylation sites (tertiary alicyclic amines) is 1. The number of piperidine rings is 1. The number of nitrogens with one attached hydrogen (secondary N) is 1. The molecule has 0 unspecified atom stereocenters. The molecule has 1 aliphatic rings. The van der Waals surface area contributed by atoms with E-state index in [0.717, 1.165) is 25.4 Å². The van der Waals surface area contributed by atoms with Crippen LogP contribution >= 0.6 is 0 Å². The molecule has 1 saturated heterocycles. The predicted molar refractivity (Wildman–Crippen MR) is 74.6 cm³/mol. The number of nitrogens with zero attached hydrogens (tertiary/aromatic N) is 3. The van der Waals surface area contributed by atoms with Crippen LogP contribution in [0.1, 0.15) is 25.6 Å². The van der Waals surface area contributed by atoms with E-state index in [1.807, 2.05) is 12.4 Å². The van der Waals surface area contributed by atoms with Crippen molar-refractivity contribution in [1.82, 2.24) is 19.8 Å². The summed E-state index contributed by atoms with van der Waals surface area (Å²) in [6, 6.07) is 0. The Morgan fingerprint density at radius 3 is 2.78 bits per heavy atom. The second-order valence-electron chi connectivity index (χ2n) is 5.30. The maximum absolute atomic E-state index is 4.38.